The zero-order chi connectivity index (χ0) is 27.5. The van der Waals surface area contributed by atoms with Crippen molar-refractivity contribution in [2.45, 2.75) is 54.1 Å². The zero-order valence-corrected chi connectivity index (χ0v) is 21.4. The van der Waals surface area contributed by atoms with E-state index in [2.05, 4.69) is 5.43 Å². The van der Waals surface area contributed by atoms with Crippen molar-refractivity contribution >= 4 is 35.3 Å². The summed E-state index contributed by atoms with van der Waals surface area (Å²) in [6.45, 7) is 7.54. The highest BCUT2D eigenvalue weighted by Gasteiger charge is 2.26. The Balaban J connectivity index is 2.65. The Kier molecular flexibility index (Phi) is 11.7. The molecule has 0 aliphatic rings. The molecule has 1 aromatic carbocycles. The molecule has 0 radical (unpaired) electrons. The largest absolute Gasteiger partial charge is 0.461 e. The maximum absolute atomic E-state index is 12.6. The number of carbonyl (C=O) groups is 6. The first-order chi connectivity index (χ1) is 16.7. The van der Waals surface area contributed by atoms with Crippen LogP contribution in [-0.4, -0.2) is 46.8 Å². The van der Waals surface area contributed by atoms with Crippen LogP contribution in [0.1, 0.15) is 53.0 Å². The summed E-state index contributed by atoms with van der Waals surface area (Å²) >= 11 is 0. The molecule has 0 heterocycles. The number of amides is 3. The second-order valence-corrected chi connectivity index (χ2v) is 9.64. The molecule has 0 bridgehead atoms. The van der Waals surface area contributed by atoms with Gasteiger partial charge in [-0.25, -0.2) is 5.01 Å². The Morgan fingerprint density at radius 3 is 2.14 bits per heavy atom. The molecule has 3 amide bonds. The summed E-state index contributed by atoms with van der Waals surface area (Å²) < 4.78 is 5.19. The molecule has 2 atom stereocenters. The lowest BCUT2D eigenvalue weighted by Gasteiger charge is -2.23. The Hall–Kier alpha value is -3.82. The van der Waals surface area contributed by atoms with Crippen LogP contribution in [0.25, 0.3) is 0 Å². The van der Waals surface area contributed by atoms with Crippen LogP contribution in [0.2, 0.25) is 0 Å². The number of nitrogens with zero attached hydrogens (tertiary/aromatic N) is 1. The van der Waals surface area contributed by atoms with Gasteiger partial charge >= 0.3 is 5.97 Å². The Morgan fingerprint density at radius 1 is 0.972 bits per heavy atom. The van der Waals surface area contributed by atoms with Crippen LogP contribution in [0.15, 0.2) is 42.5 Å². The number of primary amides is 1. The number of allylic oxidation sites excluding steroid dienone is 1. The number of esters is 1. The zero-order valence-electron chi connectivity index (χ0n) is 21.4. The highest BCUT2D eigenvalue weighted by Crippen LogP contribution is 2.16. The van der Waals surface area contributed by atoms with Crippen LogP contribution in [0.3, 0.4) is 0 Å². The number of ether oxygens (including phenoxy) is 1. The van der Waals surface area contributed by atoms with Gasteiger partial charge in [-0.1, -0.05) is 65.0 Å². The Morgan fingerprint density at radius 2 is 1.58 bits per heavy atom. The number of ketones is 2. The van der Waals surface area contributed by atoms with Crippen molar-refractivity contribution in [2.24, 2.45) is 23.0 Å². The predicted octanol–water partition coefficient (Wildman–Crippen LogP) is 1.87. The van der Waals surface area contributed by atoms with E-state index in [1.165, 1.54) is 6.92 Å². The second kappa shape index (κ2) is 13.9. The molecular weight excluding hydrogens is 466 g/mol. The molecular formula is C26H35N3O7. The maximum atomic E-state index is 12.6. The molecule has 196 valence electrons. The van der Waals surface area contributed by atoms with E-state index in [4.69, 9.17) is 10.5 Å². The first-order valence-corrected chi connectivity index (χ1v) is 11.6. The van der Waals surface area contributed by atoms with E-state index in [9.17, 15) is 28.8 Å². The summed E-state index contributed by atoms with van der Waals surface area (Å²) in [5, 5.41) is 0.683. The lowest BCUT2D eigenvalue weighted by atomic mass is 9.91. The summed E-state index contributed by atoms with van der Waals surface area (Å²) in [6, 6.07) is 9.11. The minimum atomic E-state index is -0.884. The number of hydrogen-bond donors (Lipinski definition) is 2. The van der Waals surface area contributed by atoms with E-state index in [1.807, 2.05) is 30.3 Å². The number of benzene rings is 1. The average molecular weight is 502 g/mol. The summed E-state index contributed by atoms with van der Waals surface area (Å²) in [5.41, 5.74) is 7.54. The van der Waals surface area contributed by atoms with Crippen molar-refractivity contribution in [3.8, 4) is 0 Å². The van der Waals surface area contributed by atoms with E-state index in [0.29, 0.717) is 5.01 Å². The number of hydrogen-bond acceptors (Lipinski definition) is 7. The molecule has 0 spiro atoms. The highest BCUT2D eigenvalue weighted by molar-refractivity contribution is 6.01. The highest BCUT2D eigenvalue weighted by atomic mass is 16.5. The van der Waals surface area contributed by atoms with E-state index in [1.54, 1.807) is 27.7 Å². The number of nitrogens with one attached hydrogen (secondary N) is 1. The molecule has 0 unspecified atom stereocenters. The third-order valence-electron chi connectivity index (χ3n) is 5.16. The number of carbonyl (C=O) groups excluding carboxylic acids is 6. The molecule has 3 N–H and O–H groups in total. The van der Waals surface area contributed by atoms with Gasteiger partial charge in [-0.05, 0) is 11.6 Å². The molecule has 10 heteroatoms. The third-order valence-corrected chi connectivity index (χ3v) is 5.16. The summed E-state index contributed by atoms with van der Waals surface area (Å²) in [4.78, 5) is 73.0. The lowest BCUT2D eigenvalue weighted by molar-refractivity contribution is -0.148. The Labute approximate surface area is 211 Å². The van der Waals surface area contributed by atoms with Crippen molar-refractivity contribution in [1.82, 2.24) is 10.4 Å². The average Bonchev–Trinajstić information content (AvgIpc) is 2.79. The normalized spacial score (nSPS) is 12.9. The first kappa shape index (κ1) is 30.2. The van der Waals surface area contributed by atoms with Crippen LogP contribution >= 0.6 is 0 Å². The monoisotopic (exact) mass is 501 g/mol. The topological polar surface area (TPSA) is 153 Å². The van der Waals surface area contributed by atoms with Crippen molar-refractivity contribution in [2.75, 3.05) is 6.54 Å². The van der Waals surface area contributed by atoms with Crippen LogP contribution < -0.4 is 11.2 Å². The molecule has 0 aliphatic heterocycles. The van der Waals surface area contributed by atoms with Crippen LogP contribution in [0.5, 0.6) is 0 Å². The molecule has 1 aromatic rings. The van der Waals surface area contributed by atoms with Gasteiger partial charge in [0.1, 0.15) is 18.9 Å². The van der Waals surface area contributed by atoms with Crippen LogP contribution in [0.4, 0.5) is 0 Å². The van der Waals surface area contributed by atoms with Gasteiger partial charge in [-0.2, -0.15) is 0 Å². The van der Waals surface area contributed by atoms with Crippen molar-refractivity contribution in [1.29, 1.82) is 0 Å². The molecule has 1 rings (SSSR count). The van der Waals surface area contributed by atoms with Gasteiger partial charge in [0.25, 0.3) is 5.91 Å². The van der Waals surface area contributed by atoms with Gasteiger partial charge in [-0.3, -0.25) is 34.2 Å². The minimum Gasteiger partial charge on any atom is -0.461 e. The van der Waals surface area contributed by atoms with Crippen LogP contribution in [0, 0.1) is 17.3 Å². The molecule has 0 fully saturated rings. The van der Waals surface area contributed by atoms with E-state index in [0.717, 1.165) is 17.7 Å². The fourth-order valence-corrected chi connectivity index (χ4v) is 2.82. The van der Waals surface area contributed by atoms with Crippen molar-refractivity contribution in [3.05, 3.63) is 48.0 Å². The number of Topliss-reactive ketones (excluding diaryl/α,β-unsaturated/α-hetero) is 1. The van der Waals surface area contributed by atoms with Gasteiger partial charge in [-0.15, -0.1) is 0 Å². The van der Waals surface area contributed by atoms with Crippen LogP contribution in [-0.2, 0) is 40.1 Å². The minimum absolute atomic E-state index is 0.0961. The van der Waals surface area contributed by atoms with E-state index in [-0.39, 0.29) is 31.0 Å². The van der Waals surface area contributed by atoms with Gasteiger partial charge in [0.05, 0.1) is 6.42 Å². The van der Waals surface area contributed by atoms with E-state index < -0.39 is 47.5 Å². The molecule has 0 aromatic heterocycles. The standard InChI is InChI=1S/C26H35N3O7/c1-17(14-24(34)36-16-19-9-7-6-8-10-19)20(30)13-18(2)25(35)28-29(15-22(27)32)23(33)12-11-21(31)26(3,4)5/h6-12,17-18H,13-16H2,1-5H3,(H2,27,32)(H,28,35)/b12-11+/t17-,18-/m1/s1. The molecule has 0 saturated heterocycles. The smallest absolute Gasteiger partial charge is 0.306 e. The maximum Gasteiger partial charge on any atom is 0.306 e. The summed E-state index contributed by atoms with van der Waals surface area (Å²) in [6.07, 6.45) is 1.67. The quantitative estimate of drug-likeness (QED) is 0.252. The first-order valence-electron chi connectivity index (χ1n) is 11.6. The van der Waals surface area contributed by atoms with Gasteiger partial charge in [0, 0.05) is 29.7 Å². The number of hydrazine groups is 1. The lowest BCUT2D eigenvalue weighted by Crippen LogP contribution is -2.51. The number of nitrogens with two attached hydrogens (primary N) is 1. The molecule has 10 nitrogen and oxygen atoms in total. The van der Waals surface area contributed by atoms with Crippen molar-refractivity contribution in [3.63, 3.8) is 0 Å². The van der Waals surface area contributed by atoms with Crippen molar-refractivity contribution < 1.29 is 33.5 Å². The third kappa shape index (κ3) is 11.1. The molecule has 36 heavy (non-hydrogen) atoms. The van der Waals surface area contributed by atoms with Gasteiger partial charge < -0.3 is 10.5 Å². The SMILES string of the molecule is C[C@H](CC(=O)OCc1ccccc1)C(=O)C[C@@H](C)C(=O)NN(CC(N)=O)C(=O)/C=C/C(=O)C(C)(C)C. The predicted molar refractivity (Wildman–Crippen MR) is 131 cm³/mol. The Bertz CT molecular complexity index is 997. The fourth-order valence-electron chi connectivity index (χ4n) is 2.82. The van der Waals surface area contributed by atoms with E-state index >= 15 is 0 Å². The van der Waals surface area contributed by atoms with Gasteiger partial charge in [0.2, 0.25) is 11.8 Å². The fraction of sp³-hybridized carbons (Fsp3) is 0.462. The molecule has 0 saturated carbocycles. The second-order valence-electron chi connectivity index (χ2n) is 9.64. The van der Waals surface area contributed by atoms with Gasteiger partial charge in [0.15, 0.2) is 5.78 Å². The molecule has 0 aliphatic carbocycles. The summed E-state index contributed by atoms with van der Waals surface area (Å²) in [7, 11) is 0. The number of rotatable bonds is 12. The summed E-state index contributed by atoms with van der Waals surface area (Å²) in [5.74, 6) is -5.16.